The number of ether oxygens (including phenoxy) is 1. The van der Waals surface area contributed by atoms with Crippen LogP contribution in [0.4, 0.5) is 4.39 Å². The first kappa shape index (κ1) is 11.7. The predicted molar refractivity (Wildman–Crippen MR) is 55.9 cm³/mol. The monoisotopic (exact) mass is 201 g/mol. The predicted octanol–water partition coefficient (Wildman–Crippen LogP) is 2.36. The summed E-state index contributed by atoms with van der Waals surface area (Å²) < 4.78 is 18.0. The Morgan fingerprint density at radius 1 is 1.64 bits per heavy atom. The van der Waals surface area contributed by atoms with E-state index in [9.17, 15) is 4.39 Å². The summed E-state index contributed by atoms with van der Waals surface area (Å²) in [6.07, 6.45) is 1.74. The summed E-state index contributed by atoms with van der Waals surface area (Å²) in [4.78, 5) is 2.15. The van der Waals surface area contributed by atoms with Crippen LogP contribution in [0, 0.1) is 0 Å². The highest BCUT2D eigenvalue weighted by molar-refractivity contribution is 5.14. The molecular weight excluding hydrogens is 181 g/mol. The van der Waals surface area contributed by atoms with Gasteiger partial charge in [0.1, 0.15) is 0 Å². The highest BCUT2D eigenvalue weighted by Gasteiger charge is 2.37. The summed E-state index contributed by atoms with van der Waals surface area (Å²) in [6.45, 7) is 7.53. The van der Waals surface area contributed by atoms with Gasteiger partial charge in [-0.2, -0.15) is 0 Å². The van der Waals surface area contributed by atoms with Crippen LogP contribution in [0.5, 0.6) is 0 Å². The van der Waals surface area contributed by atoms with E-state index in [1.165, 1.54) is 0 Å². The van der Waals surface area contributed by atoms with Crippen molar-refractivity contribution in [2.75, 3.05) is 20.2 Å². The Labute approximate surface area is 85.7 Å². The molecule has 0 saturated carbocycles. The van der Waals surface area contributed by atoms with Gasteiger partial charge >= 0.3 is 0 Å². The molecule has 0 spiro atoms. The lowest BCUT2D eigenvalue weighted by Crippen LogP contribution is -2.43. The van der Waals surface area contributed by atoms with E-state index in [0.29, 0.717) is 13.2 Å². The smallest absolute Gasteiger partial charge is 0.0872 e. The minimum absolute atomic E-state index is 0.0395. The molecule has 1 aliphatic rings. The first-order chi connectivity index (χ1) is 6.48. The van der Waals surface area contributed by atoms with Crippen molar-refractivity contribution in [1.29, 1.82) is 0 Å². The standard InChI is InChI=1S/C11H20FNO/c1-9(2)14-8-11(3)5-10(6-12)7-13(11)4/h6,9H,5,7-8H2,1-4H3/b10-6-/t11-/m0/s1. The van der Waals surface area contributed by atoms with Crippen LogP contribution in [-0.2, 0) is 4.74 Å². The summed E-state index contributed by atoms with van der Waals surface area (Å²) >= 11 is 0. The molecule has 1 rings (SSSR count). The Hall–Kier alpha value is -0.410. The lowest BCUT2D eigenvalue weighted by molar-refractivity contribution is 0.00373. The molecule has 0 bridgehead atoms. The summed E-state index contributed by atoms with van der Waals surface area (Å²) in [7, 11) is 2.01. The van der Waals surface area contributed by atoms with Crippen molar-refractivity contribution in [3.63, 3.8) is 0 Å². The Morgan fingerprint density at radius 3 is 2.71 bits per heavy atom. The van der Waals surface area contributed by atoms with Crippen LogP contribution in [0.25, 0.3) is 0 Å². The fourth-order valence-electron chi connectivity index (χ4n) is 1.76. The molecule has 0 aliphatic carbocycles. The number of rotatable bonds is 3. The van der Waals surface area contributed by atoms with E-state index in [-0.39, 0.29) is 11.6 Å². The average molecular weight is 201 g/mol. The normalized spacial score (nSPS) is 32.0. The first-order valence-electron chi connectivity index (χ1n) is 5.09. The van der Waals surface area contributed by atoms with Crippen LogP contribution in [-0.4, -0.2) is 36.7 Å². The molecule has 14 heavy (non-hydrogen) atoms. The SMILES string of the molecule is CC(C)OC[C@]1(C)C/C(=C/F)CN1C. The second-order valence-corrected chi connectivity index (χ2v) is 4.66. The van der Waals surface area contributed by atoms with E-state index in [1.807, 2.05) is 20.9 Å². The number of halogens is 1. The van der Waals surface area contributed by atoms with E-state index in [4.69, 9.17) is 4.74 Å². The van der Waals surface area contributed by atoms with Gasteiger partial charge in [-0.15, -0.1) is 0 Å². The number of hydrogen-bond donors (Lipinski definition) is 0. The molecule has 1 aliphatic heterocycles. The van der Waals surface area contributed by atoms with Crippen molar-refractivity contribution in [3.05, 3.63) is 11.9 Å². The lowest BCUT2D eigenvalue weighted by Gasteiger charge is -2.32. The molecule has 2 nitrogen and oxygen atoms in total. The van der Waals surface area contributed by atoms with Gasteiger partial charge in [0.15, 0.2) is 0 Å². The molecule has 82 valence electrons. The van der Waals surface area contributed by atoms with E-state index in [2.05, 4.69) is 11.8 Å². The maximum atomic E-state index is 12.4. The van der Waals surface area contributed by atoms with Gasteiger partial charge in [0.05, 0.1) is 19.0 Å². The molecule has 0 unspecified atom stereocenters. The van der Waals surface area contributed by atoms with Crippen molar-refractivity contribution in [2.45, 2.75) is 38.8 Å². The van der Waals surface area contributed by atoms with Gasteiger partial charge in [0.25, 0.3) is 0 Å². The molecule has 1 atom stereocenters. The summed E-state index contributed by atoms with van der Waals surface area (Å²) in [5.41, 5.74) is 0.824. The van der Waals surface area contributed by atoms with Crippen molar-refractivity contribution >= 4 is 0 Å². The molecule has 1 fully saturated rings. The number of hydrogen-bond acceptors (Lipinski definition) is 2. The highest BCUT2D eigenvalue weighted by atomic mass is 19.1. The average Bonchev–Trinajstić information content (AvgIpc) is 2.40. The molecular formula is C11H20FNO. The molecule has 3 heteroatoms. The highest BCUT2D eigenvalue weighted by Crippen LogP contribution is 2.31. The van der Waals surface area contributed by atoms with Gasteiger partial charge < -0.3 is 4.74 Å². The molecule has 0 radical (unpaired) electrons. The van der Waals surface area contributed by atoms with Gasteiger partial charge in [-0.05, 0) is 39.8 Å². The van der Waals surface area contributed by atoms with Gasteiger partial charge in [-0.1, -0.05) is 0 Å². The third kappa shape index (κ3) is 2.55. The number of likely N-dealkylation sites (N-methyl/N-ethyl adjacent to an activating group) is 1. The molecule has 0 amide bonds. The van der Waals surface area contributed by atoms with Crippen LogP contribution < -0.4 is 0 Å². The van der Waals surface area contributed by atoms with Gasteiger partial charge in [0.2, 0.25) is 0 Å². The van der Waals surface area contributed by atoms with Crippen molar-refractivity contribution in [2.24, 2.45) is 0 Å². The summed E-state index contributed by atoms with van der Waals surface area (Å²) in [6, 6.07) is 0. The van der Waals surface area contributed by atoms with Gasteiger partial charge in [-0.3, -0.25) is 4.90 Å². The van der Waals surface area contributed by atoms with Crippen LogP contribution in [0.15, 0.2) is 11.9 Å². The van der Waals surface area contributed by atoms with E-state index in [0.717, 1.165) is 18.3 Å². The largest absolute Gasteiger partial charge is 0.377 e. The third-order valence-electron chi connectivity index (χ3n) is 2.85. The minimum Gasteiger partial charge on any atom is -0.377 e. The number of likely N-dealkylation sites (tertiary alicyclic amines) is 1. The van der Waals surface area contributed by atoms with E-state index in [1.54, 1.807) is 0 Å². The molecule has 1 heterocycles. The molecule has 0 aromatic heterocycles. The Balaban J connectivity index is 2.56. The third-order valence-corrected chi connectivity index (χ3v) is 2.85. The van der Waals surface area contributed by atoms with Crippen molar-refractivity contribution < 1.29 is 9.13 Å². The summed E-state index contributed by atoms with van der Waals surface area (Å²) in [5.74, 6) is 0. The van der Waals surface area contributed by atoms with Crippen LogP contribution >= 0.6 is 0 Å². The van der Waals surface area contributed by atoms with Gasteiger partial charge in [0, 0.05) is 12.1 Å². The van der Waals surface area contributed by atoms with E-state index < -0.39 is 0 Å². The van der Waals surface area contributed by atoms with Crippen molar-refractivity contribution in [3.8, 4) is 0 Å². The van der Waals surface area contributed by atoms with Crippen LogP contribution in [0.2, 0.25) is 0 Å². The zero-order valence-corrected chi connectivity index (χ0v) is 9.51. The van der Waals surface area contributed by atoms with Crippen LogP contribution in [0.1, 0.15) is 27.2 Å². The second kappa shape index (κ2) is 4.41. The maximum Gasteiger partial charge on any atom is 0.0872 e. The van der Waals surface area contributed by atoms with Crippen LogP contribution in [0.3, 0.4) is 0 Å². The maximum absolute atomic E-state index is 12.4. The number of nitrogens with zero attached hydrogens (tertiary/aromatic N) is 1. The van der Waals surface area contributed by atoms with E-state index >= 15 is 0 Å². The minimum atomic E-state index is -0.0395. The topological polar surface area (TPSA) is 12.5 Å². The summed E-state index contributed by atoms with van der Waals surface area (Å²) in [5, 5.41) is 0. The molecule has 0 N–H and O–H groups in total. The Kier molecular flexibility index (Phi) is 3.67. The first-order valence-corrected chi connectivity index (χ1v) is 5.09. The fraction of sp³-hybridized carbons (Fsp3) is 0.818. The lowest BCUT2D eigenvalue weighted by atomic mass is 9.99. The van der Waals surface area contributed by atoms with Gasteiger partial charge in [-0.25, -0.2) is 4.39 Å². The Bertz CT molecular complexity index is 227. The van der Waals surface area contributed by atoms with Crippen molar-refractivity contribution in [1.82, 2.24) is 4.90 Å². The zero-order chi connectivity index (χ0) is 10.8. The Morgan fingerprint density at radius 2 is 2.29 bits per heavy atom. The molecule has 0 aromatic carbocycles. The quantitative estimate of drug-likeness (QED) is 0.695. The molecule has 1 saturated heterocycles. The fourth-order valence-corrected chi connectivity index (χ4v) is 1.76. The zero-order valence-electron chi connectivity index (χ0n) is 9.51. The molecule has 0 aromatic rings. The second-order valence-electron chi connectivity index (χ2n) is 4.66.